The van der Waals surface area contributed by atoms with Crippen LogP contribution in [-0.4, -0.2) is 23.6 Å². The van der Waals surface area contributed by atoms with E-state index in [-0.39, 0.29) is 5.84 Å². The largest absolute Gasteiger partial charge is 0.469 e. The molecule has 1 aromatic rings. The summed E-state index contributed by atoms with van der Waals surface area (Å²) >= 11 is 0. The first-order valence-electron chi connectivity index (χ1n) is 4.94. The van der Waals surface area contributed by atoms with Gasteiger partial charge in [0.25, 0.3) is 0 Å². The molecule has 0 aliphatic heterocycles. The molecule has 0 saturated heterocycles. The molecule has 84 valence electrons. The van der Waals surface area contributed by atoms with E-state index in [1.165, 1.54) is 0 Å². The molecule has 0 aromatic carbocycles. The zero-order valence-electron chi connectivity index (χ0n) is 8.81. The maximum Gasteiger partial charge on any atom is 0.140 e. The van der Waals surface area contributed by atoms with Gasteiger partial charge in [-0.1, -0.05) is 5.16 Å². The third-order valence-corrected chi connectivity index (χ3v) is 2.09. The average molecular weight is 211 g/mol. The van der Waals surface area contributed by atoms with Gasteiger partial charge in [0.1, 0.15) is 11.6 Å². The molecule has 5 heteroatoms. The van der Waals surface area contributed by atoms with Crippen molar-refractivity contribution in [3.05, 3.63) is 24.2 Å². The number of amidine groups is 1. The van der Waals surface area contributed by atoms with Crippen LogP contribution in [0.4, 0.5) is 0 Å². The Morgan fingerprint density at radius 1 is 1.73 bits per heavy atom. The topological polar surface area (TPSA) is 83.8 Å². The third-order valence-electron chi connectivity index (χ3n) is 2.09. The number of rotatable bonds is 6. The molecule has 1 heterocycles. The summed E-state index contributed by atoms with van der Waals surface area (Å²) in [5, 5.41) is 14.5. The Morgan fingerprint density at radius 3 is 3.13 bits per heavy atom. The van der Waals surface area contributed by atoms with Gasteiger partial charge >= 0.3 is 0 Å². The molecular weight excluding hydrogens is 194 g/mol. The monoisotopic (exact) mass is 211 g/mol. The van der Waals surface area contributed by atoms with E-state index in [9.17, 15) is 0 Å². The highest BCUT2D eigenvalue weighted by molar-refractivity contribution is 5.79. The molecule has 1 unspecified atom stereocenters. The first kappa shape index (κ1) is 11.6. The fraction of sp³-hybridized carbons (Fsp3) is 0.500. The van der Waals surface area contributed by atoms with Crippen LogP contribution in [0, 0.1) is 0 Å². The summed E-state index contributed by atoms with van der Waals surface area (Å²) in [5.74, 6) is 1.20. The Labute approximate surface area is 88.9 Å². The first-order chi connectivity index (χ1) is 7.22. The van der Waals surface area contributed by atoms with E-state index in [1.807, 2.05) is 12.1 Å². The fourth-order valence-electron chi connectivity index (χ4n) is 1.30. The summed E-state index contributed by atoms with van der Waals surface area (Å²) < 4.78 is 5.22. The second-order valence-electron chi connectivity index (χ2n) is 3.48. The number of nitrogens with two attached hydrogens (primary N) is 1. The number of hydrogen-bond acceptors (Lipinski definition) is 4. The normalized spacial score (nSPS) is 14.1. The lowest BCUT2D eigenvalue weighted by Gasteiger charge is -2.11. The van der Waals surface area contributed by atoms with Crippen LogP contribution in [0.1, 0.15) is 19.1 Å². The second kappa shape index (κ2) is 6.08. The van der Waals surface area contributed by atoms with E-state index in [2.05, 4.69) is 17.4 Å². The SMILES string of the molecule is CC(Cc1ccco1)NCCC(N)=NO. The number of hydrogen-bond donors (Lipinski definition) is 3. The zero-order chi connectivity index (χ0) is 11.1. The Hall–Kier alpha value is -1.49. The van der Waals surface area contributed by atoms with Crippen LogP contribution < -0.4 is 11.1 Å². The van der Waals surface area contributed by atoms with Crippen molar-refractivity contribution in [3.63, 3.8) is 0 Å². The molecule has 0 aliphatic carbocycles. The van der Waals surface area contributed by atoms with E-state index >= 15 is 0 Å². The van der Waals surface area contributed by atoms with Gasteiger partial charge in [0, 0.05) is 25.4 Å². The molecule has 0 spiro atoms. The number of furan rings is 1. The van der Waals surface area contributed by atoms with Crippen LogP contribution in [0.15, 0.2) is 28.0 Å². The Kier molecular flexibility index (Phi) is 4.70. The van der Waals surface area contributed by atoms with Crippen molar-refractivity contribution in [3.8, 4) is 0 Å². The molecule has 15 heavy (non-hydrogen) atoms. The van der Waals surface area contributed by atoms with Crippen molar-refractivity contribution in [2.45, 2.75) is 25.8 Å². The van der Waals surface area contributed by atoms with Gasteiger partial charge in [0.2, 0.25) is 0 Å². The molecule has 0 aliphatic rings. The maximum atomic E-state index is 8.33. The predicted octanol–water partition coefficient (Wildman–Crippen LogP) is 0.937. The van der Waals surface area contributed by atoms with Crippen molar-refractivity contribution >= 4 is 5.84 Å². The fourth-order valence-corrected chi connectivity index (χ4v) is 1.30. The smallest absolute Gasteiger partial charge is 0.140 e. The highest BCUT2D eigenvalue weighted by Gasteiger charge is 2.04. The van der Waals surface area contributed by atoms with Crippen LogP contribution in [0.5, 0.6) is 0 Å². The van der Waals surface area contributed by atoms with Crippen LogP contribution in [0.2, 0.25) is 0 Å². The Balaban J connectivity index is 2.17. The molecular formula is C10H17N3O2. The minimum atomic E-state index is 0.243. The first-order valence-corrected chi connectivity index (χ1v) is 4.94. The number of nitrogens with one attached hydrogen (secondary N) is 1. The van der Waals surface area contributed by atoms with Gasteiger partial charge in [0.05, 0.1) is 6.26 Å². The van der Waals surface area contributed by atoms with Gasteiger partial charge in [-0.3, -0.25) is 0 Å². The molecule has 4 N–H and O–H groups in total. The van der Waals surface area contributed by atoms with Crippen LogP contribution in [-0.2, 0) is 6.42 Å². The lowest BCUT2D eigenvalue weighted by Crippen LogP contribution is -2.31. The standard InChI is InChI=1S/C10H17N3O2/c1-8(7-9-3-2-6-15-9)12-5-4-10(11)13-14/h2-3,6,8,12,14H,4-5,7H2,1H3,(H2,11,13). The summed E-state index contributed by atoms with van der Waals surface area (Å²) in [4.78, 5) is 0. The minimum absolute atomic E-state index is 0.243. The van der Waals surface area contributed by atoms with E-state index in [4.69, 9.17) is 15.4 Å². The summed E-state index contributed by atoms with van der Waals surface area (Å²) in [7, 11) is 0. The van der Waals surface area contributed by atoms with Gasteiger partial charge in [-0.05, 0) is 19.1 Å². The highest BCUT2D eigenvalue weighted by Crippen LogP contribution is 2.03. The van der Waals surface area contributed by atoms with E-state index in [1.54, 1.807) is 6.26 Å². The molecule has 1 aromatic heterocycles. The molecule has 1 rings (SSSR count). The quantitative estimate of drug-likeness (QED) is 0.283. The Bertz CT molecular complexity index is 296. The lowest BCUT2D eigenvalue weighted by molar-refractivity contribution is 0.316. The molecule has 1 atom stereocenters. The van der Waals surface area contributed by atoms with Crippen LogP contribution in [0.25, 0.3) is 0 Å². The molecule has 5 nitrogen and oxygen atoms in total. The van der Waals surface area contributed by atoms with Crippen molar-refractivity contribution < 1.29 is 9.62 Å². The average Bonchev–Trinajstić information content (AvgIpc) is 2.70. The predicted molar refractivity (Wildman–Crippen MR) is 57.9 cm³/mol. The zero-order valence-corrected chi connectivity index (χ0v) is 8.81. The summed E-state index contributed by atoms with van der Waals surface area (Å²) in [6.45, 7) is 2.76. The van der Waals surface area contributed by atoms with Crippen molar-refractivity contribution in [2.24, 2.45) is 10.9 Å². The lowest BCUT2D eigenvalue weighted by atomic mass is 10.2. The van der Waals surface area contributed by atoms with Gasteiger partial charge in [-0.15, -0.1) is 0 Å². The molecule has 0 radical (unpaired) electrons. The molecule has 0 bridgehead atoms. The summed E-state index contributed by atoms with van der Waals surface area (Å²) in [6.07, 6.45) is 3.04. The van der Waals surface area contributed by atoms with E-state index in [0.717, 1.165) is 12.2 Å². The van der Waals surface area contributed by atoms with Crippen molar-refractivity contribution in [2.75, 3.05) is 6.54 Å². The molecule has 0 fully saturated rings. The van der Waals surface area contributed by atoms with Gasteiger partial charge in [-0.2, -0.15) is 0 Å². The van der Waals surface area contributed by atoms with E-state index in [0.29, 0.717) is 19.0 Å². The number of nitrogens with zero attached hydrogens (tertiary/aromatic N) is 1. The number of oxime groups is 1. The van der Waals surface area contributed by atoms with Crippen molar-refractivity contribution in [1.82, 2.24) is 5.32 Å². The van der Waals surface area contributed by atoms with Crippen LogP contribution in [0.3, 0.4) is 0 Å². The molecule has 0 amide bonds. The van der Waals surface area contributed by atoms with Gasteiger partial charge < -0.3 is 20.7 Å². The third kappa shape index (κ3) is 4.51. The maximum absolute atomic E-state index is 8.33. The van der Waals surface area contributed by atoms with Gasteiger partial charge in [-0.25, -0.2) is 0 Å². The second-order valence-corrected chi connectivity index (χ2v) is 3.48. The highest BCUT2D eigenvalue weighted by atomic mass is 16.4. The molecule has 0 saturated carbocycles. The van der Waals surface area contributed by atoms with Gasteiger partial charge in [0.15, 0.2) is 0 Å². The minimum Gasteiger partial charge on any atom is -0.469 e. The van der Waals surface area contributed by atoms with Crippen LogP contribution >= 0.6 is 0 Å². The van der Waals surface area contributed by atoms with Crippen molar-refractivity contribution in [1.29, 1.82) is 0 Å². The summed E-state index contributed by atoms with van der Waals surface area (Å²) in [5.41, 5.74) is 5.34. The Morgan fingerprint density at radius 2 is 2.53 bits per heavy atom. The summed E-state index contributed by atoms with van der Waals surface area (Å²) in [6, 6.07) is 4.13. The van der Waals surface area contributed by atoms with E-state index < -0.39 is 0 Å².